The molecular formula is C22H23N3O3S. The molecule has 3 aromatic rings. The van der Waals surface area contributed by atoms with Crippen molar-refractivity contribution in [3.8, 4) is 11.5 Å². The number of hydrogen-bond acceptors (Lipinski definition) is 5. The topological polar surface area (TPSA) is 84.2 Å². The maximum absolute atomic E-state index is 12.1. The van der Waals surface area contributed by atoms with Crippen LogP contribution in [0, 0.1) is 13.8 Å². The largest absolute Gasteiger partial charge is 0.444 e. The van der Waals surface area contributed by atoms with E-state index in [1.165, 1.54) is 11.8 Å². The lowest BCUT2D eigenvalue weighted by atomic mass is 10.1. The van der Waals surface area contributed by atoms with Crippen molar-refractivity contribution >= 4 is 29.3 Å². The summed E-state index contributed by atoms with van der Waals surface area (Å²) in [5.41, 5.74) is 4.46. The fourth-order valence-corrected chi connectivity index (χ4v) is 3.49. The standard InChI is InChI=1S/C22H23N3O3S/c1-15-7-6-8-16(2)21(15)25-19(26)11-23-20(27)14-29-13-18-12-28-22(24-18)17-9-4-3-5-10-17/h3-10,12H,11,13-14H2,1-2H3,(H,23,27)(H,25,26). The van der Waals surface area contributed by atoms with Crippen LogP contribution in [-0.2, 0) is 15.3 Å². The molecule has 2 amide bonds. The van der Waals surface area contributed by atoms with Gasteiger partial charge in [-0.2, -0.15) is 0 Å². The zero-order valence-corrected chi connectivity index (χ0v) is 17.2. The first-order chi connectivity index (χ1) is 14.0. The highest BCUT2D eigenvalue weighted by Crippen LogP contribution is 2.20. The van der Waals surface area contributed by atoms with Gasteiger partial charge >= 0.3 is 0 Å². The number of aromatic nitrogens is 1. The quantitative estimate of drug-likeness (QED) is 0.589. The average molecular weight is 410 g/mol. The molecule has 0 fully saturated rings. The average Bonchev–Trinajstić information content (AvgIpc) is 3.19. The molecule has 2 aromatic carbocycles. The fraction of sp³-hybridized carbons (Fsp3) is 0.227. The molecule has 0 radical (unpaired) electrons. The molecule has 0 saturated carbocycles. The first kappa shape index (κ1) is 20.7. The Hall–Kier alpha value is -3.06. The van der Waals surface area contributed by atoms with E-state index in [-0.39, 0.29) is 24.1 Å². The summed E-state index contributed by atoms with van der Waals surface area (Å²) in [7, 11) is 0. The molecule has 0 spiro atoms. The number of anilines is 1. The van der Waals surface area contributed by atoms with Gasteiger partial charge in [0.1, 0.15) is 6.26 Å². The van der Waals surface area contributed by atoms with E-state index in [1.54, 1.807) is 6.26 Å². The Kier molecular flexibility index (Phi) is 7.08. The minimum absolute atomic E-state index is 0.0602. The Balaban J connectivity index is 1.39. The summed E-state index contributed by atoms with van der Waals surface area (Å²) in [5.74, 6) is 0.916. The van der Waals surface area contributed by atoms with Gasteiger partial charge < -0.3 is 15.1 Å². The molecular weight excluding hydrogens is 386 g/mol. The number of carbonyl (C=O) groups excluding carboxylic acids is 2. The number of hydrogen-bond donors (Lipinski definition) is 2. The molecule has 0 aliphatic heterocycles. The first-order valence-corrected chi connectivity index (χ1v) is 10.4. The minimum Gasteiger partial charge on any atom is -0.444 e. The summed E-state index contributed by atoms with van der Waals surface area (Å²) >= 11 is 1.42. The van der Waals surface area contributed by atoms with Crippen LogP contribution in [0.15, 0.2) is 59.2 Å². The third-order valence-corrected chi connectivity index (χ3v) is 5.21. The molecule has 0 saturated heterocycles. The molecule has 0 aliphatic rings. The van der Waals surface area contributed by atoms with E-state index in [4.69, 9.17) is 4.42 Å². The zero-order valence-electron chi connectivity index (χ0n) is 16.4. The molecule has 1 heterocycles. The second kappa shape index (κ2) is 9.93. The minimum atomic E-state index is -0.246. The zero-order chi connectivity index (χ0) is 20.6. The predicted molar refractivity (Wildman–Crippen MR) is 116 cm³/mol. The SMILES string of the molecule is Cc1cccc(C)c1NC(=O)CNC(=O)CSCc1coc(-c2ccccc2)n1. The van der Waals surface area contributed by atoms with Gasteiger partial charge in [0.15, 0.2) is 0 Å². The van der Waals surface area contributed by atoms with Crippen molar-refractivity contribution < 1.29 is 14.0 Å². The van der Waals surface area contributed by atoms with E-state index in [9.17, 15) is 9.59 Å². The van der Waals surface area contributed by atoms with E-state index in [1.807, 2.05) is 62.4 Å². The van der Waals surface area contributed by atoms with Crippen LogP contribution in [-0.4, -0.2) is 29.1 Å². The maximum atomic E-state index is 12.1. The summed E-state index contributed by atoms with van der Waals surface area (Å²) in [6.45, 7) is 3.81. The number of nitrogens with zero attached hydrogens (tertiary/aromatic N) is 1. The van der Waals surface area contributed by atoms with Crippen molar-refractivity contribution in [2.24, 2.45) is 0 Å². The molecule has 1 aromatic heterocycles. The molecule has 0 atom stereocenters. The predicted octanol–water partition coefficient (Wildman–Crippen LogP) is 3.95. The van der Waals surface area contributed by atoms with Crippen molar-refractivity contribution in [3.63, 3.8) is 0 Å². The summed E-state index contributed by atoms with van der Waals surface area (Å²) < 4.78 is 5.49. The first-order valence-electron chi connectivity index (χ1n) is 9.23. The Bertz CT molecular complexity index is 966. The van der Waals surface area contributed by atoms with E-state index in [0.29, 0.717) is 11.6 Å². The van der Waals surface area contributed by atoms with Crippen LogP contribution in [0.25, 0.3) is 11.5 Å². The molecule has 29 heavy (non-hydrogen) atoms. The van der Waals surface area contributed by atoms with Gasteiger partial charge in [0.05, 0.1) is 18.0 Å². The Morgan fingerprint density at radius 2 is 1.72 bits per heavy atom. The van der Waals surface area contributed by atoms with E-state index in [2.05, 4.69) is 15.6 Å². The number of carbonyl (C=O) groups is 2. The number of aryl methyl sites for hydroxylation is 2. The summed E-state index contributed by atoms with van der Waals surface area (Å²) in [6.07, 6.45) is 1.60. The van der Waals surface area contributed by atoms with Gasteiger partial charge in [-0.25, -0.2) is 4.98 Å². The van der Waals surface area contributed by atoms with Crippen LogP contribution in [0.5, 0.6) is 0 Å². The van der Waals surface area contributed by atoms with Crippen LogP contribution in [0.2, 0.25) is 0 Å². The maximum Gasteiger partial charge on any atom is 0.243 e. The Morgan fingerprint density at radius 3 is 2.45 bits per heavy atom. The van der Waals surface area contributed by atoms with Crippen molar-refractivity contribution in [2.75, 3.05) is 17.6 Å². The Morgan fingerprint density at radius 1 is 1.00 bits per heavy atom. The van der Waals surface area contributed by atoms with E-state index < -0.39 is 0 Å². The molecule has 150 valence electrons. The molecule has 6 nitrogen and oxygen atoms in total. The van der Waals surface area contributed by atoms with Gasteiger partial charge in [0, 0.05) is 17.0 Å². The van der Waals surface area contributed by atoms with Crippen LogP contribution < -0.4 is 10.6 Å². The number of oxazole rings is 1. The lowest BCUT2D eigenvalue weighted by molar-refractivity contribution is -0.122. The second-order valence-corrected chi connectivity index (χ2v) is 7.58. The van der Waals surface area contributed by atoms with Crippen molar-refractivity contribution in [2.45, 2.75) is 19.6 Å². The van der Waals surface area contributed by atoms with Crippen molar-refractivity contribution in [1.29, 1.82) is 0 Å². The van der Waals surface area contributed by atoms with Gasteiger partial charge in [-0.1, -0.05) is 36.4 Å². The van der Waals surface area contributed by atoms with Gasteiger partial charge in [0.25, 0.3) is 0 Å². The molecule has 7 heteroatoms. The number of amides is 2. The summed E-state index contributed by atoms with van der Waals surface area (Å²) in [6, 6.07) is 15.5. The molecule has 2 N–H and O–H groups in total. The highest BCUT2D eigenvalue weighted by atomic mass is 32.2. The van der Waals surface area contributed by atoms with E-state index in [0.717, 1.165) is 28.1 Å². The van der Waals surface area contributed by atoms with Gasteiger partial charge in [-0.05, 0) is 37.1 Å². The lowest BCUT2D eigenvalue weighted by Gasteiger charge is -2.11. The van der Waals surface area contributed by atoms with E-state index >= 15 is 0 Å². The Labute approximate surface area is 174 Å². The normalized spacial score (nSPS) is 10.6. The number of thioether (sulfide) groups is 1. The fourth-order valence-electron chi connectivity index (χ4n) is 2.76. The van der Waals surface area contributed by atoms with Crippen LogP contribution >= 0.6 is 11.8 Å². The smallest absolute Gasteiger partial charge is 0.243 e. The summed E-state index contributed by atoms with van der Waals surface area (Å²) in [4.78, 5) is 28.5. The number of rotatable bonds is 8. The number of benzene rings is 2. The van der Waals surface area contributed by atoms with Gasteiger partial charge in [-0.15, -0.1) is 11.8 Å². The highest BCUT2D eigenvalue weighted by Gasteiger charge is 2.10. The van der Waals surface area contributed by atoms with Crippen LogP contribution in [0.3, 0.4) is 0 Å². The van der Waals surface area contributed by atoms with Crippen molar-refractivity contribution in [1.82, 2.24) is 10.3 Å². The molecule has 0 unspecified atom stereocenters. The third-order valence-electron chi connectivity index (χ3n) is 4.25. The highest BCUT2D eigenvalue weighted by molar-refractivity contribution is 7.99. The van der Waals surface area contributed by atoms with Crippen LogP contribution in [0.1, 0.15) is 16.8 Å². The van der Waals surface area contributed by atoms with Crippen LogP contribution in [0.4, 0.5) is 5.69 Å². The number of nitrogens with one attached hydrogen (secondary N) is 2. The number of para-hydroxylation sites is 1. The van der Waals surface area contributed by atoms with Crippen molar-refractivity contribution in [3.05, 3.63) is 71.6 Å². The molecule has 3 rings (SSSR count). The summed E-state index contributed by atoms with van der Waals surface area (Å²) in [5, 5.41) is 5.49. The second-order valence-electron chi connectivity index (χ2n) is 6.59. The lowest BCUT2D eigenvalue weighted by Crippen LogP contribution is -2.34. The van der Waals surface area contributed by atoms with Gasteiger partial charge in [0.2, 0.25) is 17.7 Å². The monoisotopic (exact) mass is 409 g/mol. The molecule has 0 aliphatic carbocycles. The molecule has 0 bridgehead atoms. The third kappa shape index (κ3) is 5.96. The van der Waals surface area contributed by atoms with Gasteiger partial charge in [-0.3, -0.25) is 9.59 Å².